The van der Waals surface area contributed by atoms with Crippen LogP contribution < -0.4 is 10.1 Å². The third-order valence-electron chi connectivity index (χ3n) is 3.08. The lowest BCUT2D eigenvalue weighted by Gasteiger charge is -2.24. The molecule has 19 heavy (non-hydrogen) atoms. The Morgan fingerprint density at radius 1 is 1.42 bits per heavy atom. The Morgan fingerprint density at radius 3 is 3.11 bits per heavy atom. The minimum atomic E-state index is -0.278. The van der Waals surface area contributed by atoms with Gasteiger partial charge in [-0.3, -0.25) is 0 Å². The Balaban J connectivity index is 1.79. The lowest BCUT2D eigenvalue weighted by molar-refractivity contribution is 0.109. The molecule has 3 rings (SSSR count). The zero-order chi connectivity index (χ0) is 13.2. The molecule has 1 aliphatic heterocycles. The summed E-state index contributed by atoms with van der Waals surface area (Å²) in [5, 5.41) is 7.18. The number of hydrogen-bond donors (Lipinski definition) is 1. The van der Waals surface area contributed by atoms with E-state index in [4.69, 9.17) is 14.0 Å². The van der Waals surface area contributed by atoms with E-state index in [1.165, 1.54) is 0 Å². The predicted octanol–water partition coefficient (Wildman–Crippen LogP) is 2.32. The zero-order valence-electron chi connectivity index (χ0n) is 10.8. The SMILES string of the molecule is COC(C)c1noc(C2CNc3ccccc3O2)n1. The molecule has 0 saturated carbocycles. The molecule has 2 atom stereocenters. The molecule has 2 unspecified atom stereocenters. The van der Waals surface area contributed by atoms with Crippen LogP contribution in [0, 0.1) is 0 Å². The van der Waals surface area contributed by atoms with Crippen molar-refractivity contribution in [2.24, 2.45) is 0 Å². The number of aromatic nitrogens is 2. The van der Waals surface area contributed by atoms with E-state index in [-0.39, 0.29) is 12.2 Å². The first kappa shape index (κ1) is 12.0. The smallest absolute Gasteiger partial charge is 0.269 e. The van der Waals surface area contributed by atoms with Crippen LogP contribution in [-0.2, 0) is 4.74 Å². The van der Waals surface area contributed by atoms with E-state index >= 15 is 0 Å². The van der Waals surface area contributed by atoms with Crippen molar-refractivity contribution in [2.75, 3.05) is 19.0 Å². The second-order valence-electron chi connectivity index (χ2n) is 4.35. The number of nitrogens with zero attached hydrogens (tertiary/aromatic N) is 2. The lowest BCUT2D eigenvalue weighted by Crippen LogP contribution is -2.23. The number of nitrogens with one attached hydrogen (secondary N) is 1. The Hall–Kier alpha value is -2.08. The number of ether oxygens (including phenoxy) is 2. The van der Waals surface area contributed by atoms with Crippen molar-refractivity contribution in [3.63, 3.8) is 0 Å². The van der Waals surface area contributed by atoms with E-state index in [9.17, 15) is 0 Å². The van der Waals surface area contributed by atoms with Gasteiger partial charge < -0.3 is 19.3 Å². The molecule has 0 saturated heterocycles. The molecule has 6 heteroatoms. The summed E-state index contributed by atoms with van der Waals surface area (Å²) in [5.41, 5.74) is 0.976. The Kier molecular flexibility index (Phi) is 3.08. The van der Waals surface area contributed by atoms with Gasteiger partial charge in [-0.1, -0.05) is 17.3 Å². The summed E-state index contributed by atoms with van der Waals surface area (Å²) in [6, 6.07) is 7.76. The van der Waals surface area contributed by atoms with Crippen molar-refractivity contribution in [1.29, 1.82) is 0 Å². The predicted molar refractivity (Wildman–Crippen MR) is 68.0 cm³/mol. The standard InChI is InChI=1S/C13H15N3O3/c1-8(17-2)12-15-13(19-16-12)11-7-14-9-5-3-4-6-10(9)18-11/h3-6,8,11,14H,7H2,1-2H3. The molecule has 2 heterocycles. The molecule has 1 N–H and O–H groups in total. The fourth-order valence-corrected chi connectivity index (χ4v) is 1.90. The minimum absolute atomic E-state index is 0.193. The molecule has 100 valence electrons. The van der Waals surface area contributed by atoms with Crippen LogP contribution in [0.25, 0.3) is 0 Å². The molecule has 0 aliphatic carbocycles. The average molecular weight is 261 g/mol. The number of methoxy groups -OCH3 is 1. The van der Waals surface area contributed by atoms with Crippen LogP contribution in [0.15, 0.2) is 28.8 Å². The van der Waals surface area contributed by atoms with Gasteiger partial charge in [-0.05, 0) is 19.1 Å². The van der Waals surface area contributed by atoms with Gasteiger partial charge in [0.1, 0.15) is 11.9 Å². The number of hydrogen-bond acceptors (Lipinski definition) is 6. The number of rotatable bonds is 3. The first-order valence-corrected chi connectivity index (χ1v) is 6.14. The van der Waals surface area contributed by atoms with Gasteiger partial charge in [-0.25, -0.2) is 0 Å². The summed E-state index contributed by atoms with van der Waals surface area (Å²) >= 11 is 0. The van der Waals surface area contributed by atoms with Gasteiger partial charge in [0.25, 0.3) is 5.89 Å². The van der Waals surface area contributed by atoms with E-state index in [0.717, 1.165) is 11.4 Å². The van der Waals surface area contributed by atoms with Crippen LogP contribution in [0.1, 0.15) is 30.8 Å². The quantitative estimate of drug-likeness (QED) is 0.914. The highest BCUT2D eigenvalue weighted by atomic mass is 16.5. The van der Waals surface area contributed by atoms with Crippen LogP contribution in [-0.4, -0.2) is 23.8 Å². The Bertz CT molecular complexity index is 570. The van der Waals surface area contributed by atoms with Crippen molar-refractivity contribution in [2.45, 2.75) is 19.1 Å². The van der Waals surface area contributed by atoms with Gasteiger partial charge >= 0.3 is 0 Å². The molecular weight excluding hydrogens is 246 g/mol. The van der Waals surface area contributed by atoms with Crippen LogP contribution in [0.2, 0.25) is 0 Å². The highest BCUT2D eigenvalue weighted by Crippen LogP contribution is 2.33. The lowest BCUT2D eigenvalue weighted by atomic mass is 10.2. The highest BCUT2D eigenvalue weighted by molar-refractivity contribution is 5.57. The van der Waals surface area contributed by atoms with Gasteiger partial charge in [0, 0.05) is 7.11 Å². The number of fused-ring (bicyclic) bond motifs is 1. The largest absolute Gasteiger partial charge is 0.477 e. The third-order valence-corrected chi connectivity index (χ3v) is 3.08. The number of anilines is 1. The van der Waals surface area contributed by atoms with Gasteiger partial charge in [-0.15, -0.1) is 0 Å². The first-order valence-electron chi connectivity index (χ1n) is 6.14. The molecule has 6 nitrogen and oxygen atoms in total. The van der Waals surface area contributed by atoms with E-state index in [1.807, 2.05) is 31.2 Å². The van der Waals surface area contributed by atoms with Gasteiger partial charge in [-0.2, -0.15) is 4.98 Å². The van der Waals surface area contributed by atoms with E-state index in [1.54, 1.807) is 7.11 Å². The van der Waals surface area contributed by atoms with E-state index in [0.29, 0.717) is 18.3 Å². The second-order valence-corrected chi connectivity index (χ2v) is 4.35. The number of para-hydroxylation sites is 2. The summed E-state index contributed by atoms with van der Waals surface area (Å²) < 4.78 is 16.2. The van der Waals surface area contributed by atoms with E-state index in [2.05, 4.69) is 15.5 Å². The van der Waals surface area contributed by atoms with Crippen LogP contribution >= 0.6 is 0 Å². The first-order chi connectivity index (χ1) is 9.28. The summed E-state index contributed by atoms with van der Waals surface area (Å²) in [6.45, 7) is 2.46. The fraction of sp³-hybridized carbons (Fsp3) is 0.385. The van der Waals surface area contributed by atoms with Gasteiger partial charge in [0.2, 0.25) is 0 Å². The van der Waals surface area contributed by atoms with Crippen molar-refractivity contribution in [1.82, 2.24) is 10.1 Å². The Labute approximate surface area is 110 Å². The van der Waals surface area contributed by atoms with Crippen LogP contribution in [0.3, 0.4) is 0 Å². The average Bonchev–Trinajstić information content (AvgIpc) is 2.95. The molecule has 0 fully saturated rings. The van der Waals surface area contributed by atoms with Crippen molar-refractivity contribution in [3.05, 3.63) is 36.0 Å². The monoisotopic (exact) mass is 261 g/mol. The summed E-state index contributed by atoms with van der Waals surface area (Å²) in [7, 11) is 1.61. The third kappa shape index (κ3) is 2.26. The summed E-state index contributed by atoms with van der Waals surface area (Å²) in [5.74, 6) is 1.78. The van der Waals surface area contributed by atoms with Crippen molar-refractivity contribution in [3.8, 4) is 5.75 Å². The maximum absolute atomic E-state index is 5.85. The molecule has 1 aromatic carbocycles. The summed E-state index contributed by atoms with van der Waals surface area (Å²) in [6.07, 6.45) is -0.471. The second kappa shape index (κ2) is 4.89. The van der Waals surface area contributed by atoms with E-state index < -0.39 is 0 Å². The summed E-state index contributed by atoms with van der Waals surface area (Å²) in [4.78, 5) is 4.31. The Morgan fingerprint density at radius 2 is 2.26 bits per heavy atom. The molecule has 0 amide bonds. The zero-order valence-corrected chi connectivity index (χ0v) is 10.8. The molecule has 1 aromatic heterocycles. The van der Waals surface area contributed by atoms with Crippen LogP contribution in [0.4, 0.5) is 5.69 Å². The highest BCUT2D eigenvalue weighted by Gasteiger charge is 2.26. The van der Waals surface area contributed by atoms with Gasteiger partial charge in [0.15, 0.2) is 11.9 Å². The fourth-order valence-electron chi connectivity index (χ4n) is 1.90. The van der Waals surface area contributed by atoms with Crippen molar-refractivity contribution < 1.29 is 14.0 Å². The van der Waals surface area contributed by atoms with Crippen LogP contribution in [0.5, 0.6) is 5.75 Å². The normalized spacial score (nSPS) is 19.2. The minimum Gasteiger partial charge on any atom is -0.477 e. The molecule has 0 bridgehead atoms. The molecule has 0 spiro atoms. The maximum atomic E-state index is 5.85. The topological polar surface area (TPSA) is 69.4 Å². The molecule has 2 aromatic rings. The number of benzene rings is 1. The molecular formula is C13H15N3O3. The molecule has 1 aliphatic rings. The maximum Gasteiger partial charge on any atom is 0.269 e. The van der Waals surface area contributed by atoms with Crippen molar-refractivity contribution >= 4 is 5.69 Å². The molecule has 0 radical (unpaired) electrons. The van der Waals surface area contributed by atoms with Gasteiger partial charge in [0.05, 0.1) is 12.2 Å².